The molecule has 2 aliphatic heterocycles. The third-order valence-electron chi connectivity index (χ3n) is 20.2. The minimum Gasteiger partial charge on any atom is -0.870 e. The number of aromatic nitrogens is 6. The van der Waals surface area contributed by atoms with Crippen LogP contribution in [0.25, 0.3) is 57.0 Å². The first-order valence-electron chi connectivity index (χ1n) is 33.3. The Morgan fingerprint density at radius 1 is 0.489 bits per heavy atom. The molecule has 0 bridgehead atoms. The topological polar surface area (TPSA) is 244 Å². The molecule has 4 saturated carbocycles. The number of benzene rings is 4. The maximum absolute atomic E-state index is 13.9. The standard InChI is InChI=1S/2C37H41N5O4.Na.H2O/c2*1-46-31(43)17-12-25-10-14-28(15-11-25)39-36(45)37(18-5-6-19-37)40-35(44)27-13-16-29-30(24-27)42-22-7-21-41-23-20-38-34(41)33(42)32(29)26-8-3-2-4-9-26;;/h2*10-17,20,23-24,26H,2-9,18-19,21-22H2,1H3,(H,39,45)(H,40,44);;1H2/q;;+1;/p-1/b2*17-12+;;. The molecule has 14 rings (SSSR count). The number of nitrogens with zero attached hydrogens (tertiary/aromatic N) is 6. The van der Waals surface area contributed by atoms with Gasteiger partial charge in [-0.1, -0.05) is 101 Å². The summed E-state index contributed by atoms with van der Waals surface area (Å²) < 4.78 is 18.6. The molecule has 20 heteroatoms. The summed E-state index contributed by atoms with van der Waals surface area (Å²) in [5.74, 6) is 1.28. The molecular weight excluding hydrogens is 1200 g/mol. The molecule has 0 radical (unpaired) electrons. The normalized spacial score (nSPS) is 17.4. The molecule has 4 aliphatic carbocycles. The van der Waals surface area contributed by atoms with Crippen LogP contribution in [0, 0.1) is 0 Å². The number of imidazole rings is 2. The van der Waals surface area contributed by atoms with Gasteiger partial charge in [0, 0.05) is 107 Å². The van der Waals surface area contributed by atoms with Gasteiger partial charge in [-0.3, -0.25) is 19.2 Å². The van der Waals surface area contributed by atoms with Crippen molar-refractivity contribution < 1.29 is 73.3 Å². The maximum Gasteiger partial charge on any atom is 1.00 e. The number of ether oxygens (including phenoxy) is 2. The van der Waals surface area contributed by atoms with E-state index in [0.29, 0.717) is 60.0 Å². The van der Waals surface area contributed by atoms with Gasteiger partial charge in [-0.2, -0.15) is 0 Å². The third-order valence-corrected chi connectivity index (χ3v) is 20.2. The van der Waals surface area contributed by atoms with E-state index in [9.17, 15) is 28.8 Å². The van der Waals surface area contributed by atoms with Gasteiger partial charge in [0.1, 0.15) is 11.1 Å². The van der Waals surface area contributed by atoms with Crippen molar-refractivity contribution in [3.8, 4) is 23.0 Å². The van der Waals surface area contributed by atoms with Crippen LogP contribution in [-0.4, -0.2) is 94.6 Å². The first kappa shape index (κ1) is 67.1. The summed E-state index contributed by atoms with van der Waals surface area (Å²) in [6.07, 6.45) is 34.0. The molecule has 4 aromatic carbocycles. The molecule has 4 amide bonds. The number of hydrogen-bond acceptors (Lipinski definition) is 11. The summed E-state index contributed by atoms with van der Waals surface area (Å²) in [4.78, 5) is 87.8. The van der Waals surface area contributed by atoms with Gasteiger partial charge >= 0.3 is 41.5 Å². The zero-order valence-electron chi connectivity index (χ0n) is 54.2. The van der Waals surface area contributed by atoms with E-state index in [-0.39, 0.29) is 58.7 Å². The van der Waals surface area contributed by atoms with E-state index in [1.165, 1.54) is 124 Å². The number of amides is 4. The number of esters is 2. The number of nitrogens with one attached hydrogen (secondary N) is 4. The van der Waals surface area contributed by atoms with Gasteiger partial charge in [0.2, 0.25) is 11.8 Å². The van der Waals surface area contributed by atoms with Crippen LogP contribution in [0.1, 0.15) is 183 Å². The van der Waals surface area contributed by atoms with Gasteiger partial charge in [0.15, 0.2) is 11.6 Å². The Kier molecular flexibility index (Phi) is 21.1. The molecule has 5 N–H and O–H groups in total. The van der Waals surface area contributed by atoms with Crippen molar-refractivity contribution in [1.82, 2.24) is 38.9 Å². The Labute approximate surface area is 570 Å². The molecule has 0 unspecified atom stereocenters. The van der Waals surface area contributed by atoms with Crippen LogP contribution < -0.4 is 50.8 Å². The number of methoxy groups -OCH3 is 2. The summed E-state index contributed by atoms with van der Waals surface area (Å²) >= 11 is 0. The second kappa shape index (κ2) is 29.5. The summed E-state index contributed by atoms with van der Waals surface area (Å²) in [6.45, 7) is 3.59. The first-order chi connectivity index (χ1) is 44.9. The van der Waals surface area contributed by atoms with Crippen molar-refractivity contribution in [1.29, 1.82) is 0 Å². The van der Waals surface area contributed by atoms with E-state index in [0.717, 1.165) is 98.5 Å². The SMILES string of the molecule is COC(=O)/C=C/c1ccc(NC(=O)C2(NC(=O)c3ccc4c(C5CCCCC5)c5n(c4c3)CCCn3ccnc3-5)CCCC2)cc1.COC(=O)/C=C/c1ccc(NC(=O)C2(NC(=O)c3ccc4c(C5CCCCC5)c5n(c4c3)CCCn3ccnc3-5)CCCC2)cc1.[Na+].[OH-]. The van der Waals surface area contributed by atoms with Gasteiger partial charge in [0.05, 0.1) is 25.6 Å². The number of anilines is 2. The summed E-state index contributed by atoms with van der Waals surface area (Å²) in [5.41, 5.74) is 9.38. The third kappa shape index (κ3) is 13.8. The molecule has 4 aromatic heterocycles. The molecule has 4 fully saturated rings. The molecule has 8 aromatic rings. The number of carbonyl (C=O) groups excluding carboxylic acids is 6. The van der Waals surface area contributed by atoms with Crippen LogP contribution in [0.3, 0.4) is 0 Å². The van der Waals surface area contributed by atoms with Crippen LogP contribution in [0.2, 0.25) is 0 Å². The van der Waals surface area contributed by atoms with Crippen molar-refractivity contribution in [2.75, 3.05) is 24.9 Å². The zero-order valence-corrected chi connectivity index (χ0v) is 56.2. The van der Waals surface area contributed by atoms with Crippen LogP contribution in [0.15, 0.2) is 122 Å². The quantitative estimate of drug-likeness (QED) is 0.0453. The second-order valence-electron chi connectivity index (χ2n) is 25.9. The monoisotopic (exact) mass is 1280 g/mol. The van der Waals surface area contributed by atoms with Gasteiger partial charge in [-0.15, -0.1) is 0 Å². The van der Waals surface area contributed by atoms with Crippen molar-refractivity contribution in [3.05, 3.63) is 155 Å². The predicted octanol–water partition coefficient (Wildman–Crippen LogP) is 10.5. The smallest absolute Gasteiger partial charge is 0.870 e. The molecule has 19 nitrogen and oxygen atoms in total. The molecular formula is C74H83N10NaO9. The van der Waals surface area contributed by atoms with Crippen molar-refractivity contribution in [3.63, 3.8) is 0 Å². The number of aryl methyl sites for hydroxylation is 4. The van der Waals surface area contributed by atoms with Crippen LogP contribution >= 0.6 is 0 Å². The van der Waals surface area contributed by atoms with E-state index < -0.39 is 23.0 Å². The molecule has 6 heterocycles. The Hall–Kier alpha value is -8.36. The fraction of sp³-hybridized carbons (Fsp3) is 0.405. The molecule has 6 aliphatic rings. The van der Waals surface area contributed by atoms with E-state index >= 15 is 0 Å². The predicted molar refractivity (Wildman–Crippen MR) is 359 cm³/mol. The first-order valence-corrected chi connectivity index (χ1v) is 33.3. The molecule has 484 valence electrons. The van der Waals surface area contributed by atoms with Crippen molar-refractivity contribution in [2.45, 2.75) is 178 Å². The molecule has 0 spiro atoms. The number of carbonyl (C=O) groups is 6. The van der Waals surface area contributed by atoms with E-state index in [1.807, 2.05) is 60.9 Å². The summed E-state index contributed by atoms with van der Waals surface area (Å²) in [7, 11) is 2.67. The Morgan fingerprint density at radius 3 is 1.24 bits per heavy atom. The van der Waals surface area contributed by atoms with E-state index in [1.54, 1.807) is 36.4 Å². The van der Waals surface area contributed by atoms with Gasteiger partial charge in [-0.25, -0.2) is 19.6 Å². The Morgan fingerprint density at radius 2 is 0.872 bits per heavy atom. The number of rotatable bonds is 14. The van der Waals surface area contributed by atoms with E-state index in [2.05, 4.69) is 73.5 Å². The minimum absolute atomic E-state index is 0. The second-order valence-corrected chi connectivity index (χ2v) is 25.9. The van der Waals surface area contributed by atoms with E-state index in [4.69, 9.17) is 9.97 Å². The zero-order chi connectivity index (χ0) is 63.3. The minimum atomic E-state index is -0.983. The van der Waals surface area contributed by atoms with Gasteiger partial charge < -0.3 is 54.5 Å². The average molecular weight is 1280 g/mol. The summed E-state index contributed by atoms with van der Waals surface area (Å²) in [5, 5.41) is 14.8. The van der Waals surface area contributed by atoms with Crippen molar-refractivity contribution >= 4 is 80.9 Å². The van der Waals surface area contributed by atoms with Gasteiger partial charge in [0.25, 0.3) is 11.8 Å². The number of fused-ring (bicyclic) bond motifs is 10. The Balaban J connectivity index is 0.000000188. The summed E-state index contributed by atoms with van der Waals surface area (Å²) in [6, 6.07) is 26.6. The maximum atomic E-state index is 13.9. The van der Waals surface area contributed by atoms with Crippen LogP contribution in [0.4, 0.5) is 11.4 Å². The molecule has 0 saturated heterocycles. The van der Waals surface area contributed by atoms with Gasteiger partial charge in [-0.05, 0) is 159 Å². The largest absolute Gasteiger partial charge is 1.00 e. The molecule has 94 heavy (non-hydrogen) atoms. The fourth-order valence-electron chi connectivity index (χ4n) is 15.5. The molecule has 0 atom stereocenters. The fourth-order valence-corrected chi connectivity index (χ4v) is 15.5. The van der Waals surface area contributed by atoms with Crippen LogP contribution in [-0.2, 0) is 54.8 Å². The number of hydrogen-bond donors (Lipinski definition) is 4. The van der Waals surface area contributed by atoms with Crippen molar-refractivity contribution in [2.24, 2.45) is 0 Å². The van der Waals surface area contributed by atoms with Crippen LogP contribution in [0.5, 0.6) is 0 Å². The average Bonchev–Trinajstić information content (AvgIpc) is 1.59. The Bertz CT molecular complexity index is 3880.